The number of hydrogen-bond acceptors (Lipinski definition) is 8. The highest BCUT2D eigenvalue weighted by molar-refractivity contribution is 6.31. The van der Waals surface area contributed by atoms with E-state index < -0.39 is 5.41 Å². The number of ether oxygens (including phenoxy) is 1. The van der Waals surface area contributed by atoms with Gasteiger partial charge in [0.25, 0.3) is 0 Å². The molecule has 9 heteroatoms. The van der Waals surface area contributed by atoms with Crippen molar-refractivity contribution in [2.24, 2.45) is 22.4 Å². The van der Waals surface area contributed by atoms with Gasteiger partial charge in [-0.3, -0.25) is 9.69 Å². The van der Waals surface area contributed by atoms with Crippen LogP contribution in [0.2, 0.25) is 5.02 Å². The third-order valence-electron chi connectivity index (χ3n) is 7.62. The summed E-state index contributed by atoms with van der Waals surface area (Å²) in [6.07, 6.45) is 3.81. The Balaban J connectivity index is 2.41. The molecular formula is C34H52ClN5O3. The van der Waals surface area contributed by atoms with Crippen molar-refractivity contribution in [2.75, 3.05) is 40.3 Å². The summed E-state index contributed by atoms with van der Waals surface area (Å²) in [6, 6.07) is 15.6. The number of esters is 1. The van der Waals surface area contributed by atoms with Crippen LogP contribution in [-0.2, 0) is 27.5 Å². The van der Waals surface area contributed by atoms with Gasteiger partial charge in [0.1, 0.15) is 12.9 Å². The van der Waals surface area contributed by atoms with Crippen molar-refractivity contribution in [1.29, 1.82) is 0 Å². The minimum Gasteiger partial charge on any atom is -0.460 e. The molecule has 0 radical (unpaired) electrons. The van der Waals surface area contributed by atoms with Crippen LogP contribution in [0.25, 0.3) is 0 Å². The molecular weight excluding hydrogens is 562 g/mol. The van der Waals surface area contributed by atoms with Crippen LogP contribution >= 0.6 is 11.6 Å². The van der Waals surface area contributed by atoms with Gasteiger partial charge in [-0.25, -0.2) is 5.84 Å². The second kappa shape index (κ2) is 16.8. The van der Waals surface area contributed by atoms with Crippen LogP contribution < -0.4 is 11.6 Å². The predicted molar refractivity (Wildman–Crippen MR) is 176 cm³/mol. The van der Waals surface area contributed by atoms with Gasteiger partial charge in [-0.05, 0) is 81.8 Å². The number of hydrazine groups is 1. The topological polar surface area (TPSA) is 105 Å². The fraction of sp³-hybridized carbons (Fsp3) is 0.529. The van der Waals surface area contributed by atoms with Crippen molar-refractivity contribution < 1.29 is 14.3 Å². The lowest BCUT2D eigenvalue weighted by Gasteiger charge is -2.35. The maximum absolute atomic E-state index is 13.6. The Labute approximate surface area is 263 Å². The summed E-state index contributed by atoms with van der Waals surface area (Å²) in [6.45, 7) is 13.4. The predicted octanol–water partition coefficient (Wildman–Crippen LogP) is 5.56. The minimum absolute atomic E-state index is 0.0388. The standard InChI is InChI=1S/C34H52ClN5O3/c1-8-40(37)22-29(36)15-16-30(34(4,5)32(42)43-23-26-12-10-9-11-13-26)27-14-17-31(35)28(20-27)21-39(18-19-41)25-33(2,3)24-38(6)7/h9-14,17,19-20,22,30H,8,15-16,18,21,23-25,36-37H2,1-7H3/b29-22-. The van der Waals surface area contributed by atoms with E-state index >= 15 is 0 Å². The number of hydrogen-bond donors (Lipinski definition) is 2. The third kappa shape index (κ3) is 11.9. The van der Waals surface area contributed by atoms with Gasteiger partial charge in [0.15, 0.2) is 0 Å². The molecule has 0 aliphatic carbocycles. The number of halogens is 1. The van der Waals surface area contributed by atoms with Crippen LogP contribution in [0.3, 0.4) is 0 Å². The Bertz CT molecular complexity index is 1200. The van der Waals surface area contributed by atoms with Crippen LogP contribution in [0, 0.1) is 10.8 Å². The van der Waals surface area contributed by atoms with Crippen molar-refractivity contribution in [3.63, 3.8) is 0 Å². The third-order valence-corrected chi connectivity index (χ3v) is 7.99. The van der Waals surface area contributed by atoms with Gasteiger partial charge in [-0.1, -0.05) is 67.9 Å². The number of carbonyl (C=O) groups excluding carboxylic acids is 2. The number of nitrogens with two attached hydrogens (primary N) is 2. The normalized spacial score (nSPS) is 13.3. The number of carbonyl (C=O) groups is 2. The van der Waals surface area contributed by atoms with E-state index in [2.05, 4.69) is 29.7 Å². The fourth-order valence-corrected chi connectivity index (χ4v) is 5.83. The van der Waals surface area contributed by atoms with Crippen molar-refractivity contribution >= 4 is 23.9 Å². The summed E-state index contributed by atoms with van der Waals surface area (Å²) in [5.41, 5.74) is 8.86. The summed E-state index contributed by atoms with van der Waals surface area (Å²) < 4.78 is 5.83. The van der Waals surface area contributed by atoms with E-state index in [1.54, 1.807) is 11.2 Å². The first-order valence-electron chi connectivity index (χ1n) is 15.0. The number of rotatable bonds is 18. The van der Waals surface area contributed by atoms with Crippen molar-refractivity contribution in [3.8, 4) is 0 Å². The Hall–Kier alpha value is -2.91. The van der Waals surface area contributed by atoms with Gasteiger partial charge in [0.05, 0.1) is 12.0 Å². The first-order valence-corrected chi connectivity index (χ1v) is 15.3. The number of nitrogens with zero attached hydrogens (tertiary/aromatic N) is 3. The lowest BCUT2D eigenvalue weighted by atomic mass is 9.72. The van der Waals surface area contributed by atoms with Crippen molar-refractivity contribution in [1.82, 2.24) is 14.8 Å². The Morgan fingerprint density at radius 2 is 1.74 bits per heavy atom. The van der Waals surface area contributed by atoms with E-state index in [9.17, 15) is 9.59 Å². The van der Waals surface area contributed by atoms with Gasteiger partial charge in [-0.15, -0.1) is 0 Å². The molecule has 8 nitrogen and oxygen atoms in total. The van der Waals surface area contributed by atoms with Crippen LogP contribution in [-0.4, -0.2) is 67.3 Å². The molecule has 0 fully saturated rings. The van der Waals surface area contributed by atoms with Crippen molar-refractivity contribution in [3.05, 3.63) is 82.1 Å². The van der Waals surface area contributed by atoms with Crippen molar-refractivity contribution in [2.45, 2.75) is 66.5 Å². The van der Waals surface area contributed by atoms with Crippen LogP contribution in [0.4, 0.5) is 0 Å². The fourth-order valence-electron chi connectivity index (χ4n) is 5.65. The Morgan fingerprint density at radius 1 is 1.07 bits per heavy atom. The highest BCUT2D eigenvalue weighted by atomic mass is 35.5. The summed E-state index contributed by atoms with van der Waals surface area (Å²) in [5, 5.41) is 2.16. The highest BCUT2D eigenvalue weighted by Gasteiger charge is 2.39. The van der Waals surface area contributed by atoms with Gasteiger partial charge in [-0.2, -0.15) is 0 Å². The largest absolute Gasteiger partial charge is 0.460 e. The zero-order chi connectivity index (χ0) is 32.2. The van der Waals surface area contributed by atoms with E-state index in [0.29, 0.717) is 43.2 Å². The first kappa shape index (κ1) is 36.3. The monoisotopic (exact) mass is 613 g/mol. The molecule has 2 aromatic rings. The molecule has 238 valence electrons. The Kier molecular flexibility index (Phi) is 14.2. The lowest BCUT2D eigenvalue weighted by Crippen LogP contribution is -2.40. The molecule has 1 unspecified atom stereocenters. The molecule has 4 N–H and O–H groups in total. The minimum atomic E-state index is -0.872. The van der Waals surface area contributed by atoms with Gasteiger partial charge in [0, 0.05) is 43.1 Å². The summed E-state index contributed by atoms with van der Waals surface area (Å²) >= 11 is 6.73. The average molecular weight is 614 g/mol. The van der Waals surface area contributed by atoms with E-state index in [4.69, 9.17) is 27.9 Å². The summed E-state index contributed by atoms with van der Waals surface area (Å²) in [4.78, 5) is 29.5. The molecule has 2 rings (SSSR count). The molecule has 43 heavy (non-hydrogen) atoms. The van der Waals surface area contributed by atoms with Crippen LogP contribution in [0.1, 0.15) is 70.1 Å². The Morgan fingerprint density at radius 3 is 2.35 bits per heavy atom. The summed E-state index contributed by atoms with van der Waals surface area (Å²) in [5.74, 6) is 5.44. The van der Waals surface area contributed by atoms with E-state index in [1.165, 1.54) is 0 Å². The number of benzene rings is 2. The average Bonchev–Trinajstić information content (AvgIpc) is 2.92. The molecule has 2 aromatic carbocycles. The second-order valence-corrected chi connectivity index (χ2v) is 13.4. The van der Waals surface area contributed by atoms with E-state index in [-0.39, 0.29) is 23.9 Å². The first-order chi connectivity index (χ1) is 20.2. The quantitative estimate of drug-likeness (QED) is 0.0975. The lowest BCUT2D eigenvalue weighted by molar-refractivity contribution is -0.157. The number of aldehydes is 1. The summed E-state index contributed by atoms with van der Waals surface area (Å²) in [7, 11) is 4.10. The van der Waals surface area contributed by atoms with Gasteiger partial charge < -0.3 is 25.2 Å². The maximum atomic E-state index is 13.6. The molecule has 0 amide bonds. The maximum Gasteiger partial charge on any atom is 0.312 e. The van der Waals surface area contributed by atoms with E-state index in [0.717, 1.165) is 36.1 Å². The number of allylic oxidation sites excluding steroid dienone is 1. The molecule has 0 spiro atoms. The van der Waals surface area contributed by atoms with E-state index in [1.807, 2.05) is 77.3 Å². The van der Waals surface area contributed by atoms with Gasteiger partial charge >= 0.3 is 5.97 Å². The zero-order valence-electron chi connectivity index (χ0n) is 27.1. The molecule has 0 heterocycles. The van der Waals surface area contributed by atoms with Gasteiger partial charge in [0.2, 0.25) is 0 Å². The second-order valence-electron chi connectivity index (χ2n) is 13.0. The SMILES string of the molecule is CCN(N)/C=C(\N)CCC(c1ccc(Cl)c(CN(CC=O)CC(C)(C)CN(C)C)c1)C(C)(C)C(=O)OCc1ccccc1. The molecule has 0 aliphatic heterocycles. The molecule has 0 bridgehead atoms. The smallest absolute Gasteiger partial charge is 0.312 e. The van der Waals surface area contributed by atoms with Crippen LogP contribution in [0.15, 0.2) is 60.4 Å². The molecule has 1 atom stereocenters. The molecule has 0 saturated carbocycles. The molecule has 0 aliphatic rings. The van der Waals surface area contributed by atoms with Crippen LogP contribution in [0.5, 0.6) is 0 Å². The molecule has 0 saturated heterocycles. The molecule has 0 aromatic heterocycles. The zero-order valence-corrected chi connectivity index (χ0v) is 27.9. The highest BCUT2D eigenvalue weighted by Crippen LogP contribution is 2.42.